The molecule has 2 rings (SSSR count). The van der Waals surface area contributed by atoms with Crippen molar-refractivity contribution in [1.29, 1.82) is 10.5 Å². The number of H-pyrrole nitrogens is 1. The molecular weight excluding hydrogens is 571 g/mol. The summed E-state index contributed by atoms with van der Waals surface area (Å²) in [5.74, 6) is 0.929. The smallest absolute Gasteiger partial charge is 0.339 e. The van der Waals surface area contributed by atoms with Crippen LogP contribution in [0.3, 0.4) is 0 Å². The number of hydrogen-bond acceptors (Lipinski definition) is 10. The molecule has 36 heavy (non-hydrogen) atoms. The zero-order valence-electron chi connectivity index (χ0n) is 21.1. The summed E-state index contributed by atoms with van der Waals surface area (Å²) in [4.78, 5) is 30.5. The highest BCUT2D eigenvalue weighted by Gasteiger charge is 2.10. The Morgan fingerprint density at radius 3 is 1.58 bits per heavy atom. The molecule has 0 aromatic carbocycles. The number of nitriles is 2. The summed E-state index contributed by atoms with van der Waals surface area (Å²) in [7, 11) is 7.03. The van der Waals surface area contributed by atoms with Gasteiger partial charge in [-0.3, -0.25) is 9.36 Å². The zero-order chi connectivity index (χ0) is 28.5. The summed E-state index contributed by atoms with van der Waals surface area (Å²) >= 11 is 19.5. The van der Waals surface area contributed by atoms with Gasteiger partial charge in [0.25, 0.3) is 5.56 Å². The summed E-state index contributed by atoms with van der Waals surface area (Å²) in [6, 6.07) is 3.74. The molecular formula is C20H30Cl4N9O2P. The van der Waals surface area contributed by atoms with E-state index in [0.717, 1.165) is 0 Å². The molecule has 0 fully saturated rings. The molecule has 2 heterocycles. The van der Waals surface area contributed by atoms with Crippen LogP contribution in [0.15, 0.2) is 17.4 Å². The maximum absolute atomic E-state index is 11.0. The summed E-state index contributed by atoms with van der Waals surface area (Å²) in [6.45, 7) is 10.1. The van der Waals surface area contributed by atoms with E-state index in [1.807, 2.05) is 6.07 Å². The molecule has 0 spiro atoms. The van der Waals surface area contributed by atoms with Gasteiger partial charge in [0.05, 0.1) is 6.33 Å². The minimum Gasteiger partial charge on any atom is -0.361 e. The minimum atomic E-state index is -3.22. The van der Waals surface area contributed by atoms with E-state index < -0.39 is 10.8 Å². The molecule has 0 aliphatic rings. The van der Waals surface area contributed by atoms with Gasteiger partial charge in [-0.25, -0.2) is 15.0 Å². The fourth-order valence-electron chi connectivity index (χ4n) is 2.29. The maximum Gasteiger partial charge on any atom is 0.339 e. The second-order valence-electron chi connectivity index (χ2n) is 6.82. The van der Waals surface area contributed by atoms with Gasteiger partial charge >= 0.3 is 5.20 Å². The Morgan fingerprint density at radius 2 is 1.31 bits per heavy atom. The van der Waals surface area contributed by atoms with Crippen LogP contribution in [-0.2, 0) is 4.57 Å². The van der Waals surface area contributed by atoms with Crippen LogP contribution in [-0.4, -0.2) is 72.7 Å². The van der Waals surface area contributed by atoms with E-state index in [1.165, 1.54) is 32.3 Å². The van der Waals surface area contributed by atoms with E-state index in [-0.39, 0.29) is 10.7 Å². The molecule has 0 unspecified atom stereocenters. The predicted molar refractivity (Wildman–Crippen MR) is 149 cm³/mol. The summed E-state index contributed by atoms with van der Waals surface area (Å²) in [5, 5.41) is 14.3. The van der Waals surface area contributed by atoms with E-state index in [9.17, 15) is 9.36 Å². The Kier molecular flexibility index (Phi) is 19.1. The molecule has 0 radical (unpaired) electrons. The van der Waals surface area contributed by atoms with Gasteiger partial charge in [-0.15, -0.1) is 0 Å². The number of hydrogen-bond donors (Lipinski definition) is 1. The van der Waals surface area contributed by atoms with Crippen molar-refractivity contribution in [3.05, 3.63) is 39.3 Å². The summed E-state index contributed by atoms with van der Waals surface area (Å²) < 4.78 is 9.51. The predicted octanol–water partition coefficient (Wildman–Crippen LogP) is 4.93. The van der Waals surface area contributed by atoms with Crippen molar-refractivity contribution in [3.8, 4) is 12.1 Å². The van der Waals surface area contributed by atoms with E-state index >= 15 is 0 Å². The van der Waals surface area contributed by atoms with Crippen LogP contribution in [0.2, 0.25) is 5.15 Å². The second kappa shape index (κ2) is 19.1. The van der Waals surface area contributed by atoms with E-state index in [2.05, 4.69) is 79.3 Å². The van der Waals surface area contributed by atoms with Gasteiger partial charge in [0.1, 0.15) is 24.0 Å². The third-order valence-electron chi connectivity index (χ3n) is 4.03. The van der Waals surface area contributed by atoms with Gasteiger partial charge in [0.2, 0.25) is 0 Å². The average Bonchev–Trinajstić information content (AvgIpc) is 2.79. The van der Waals surface area contributed by atoms with E-state index in [4.69, 9.17) is 22.1 Å². The van der Waals surface area contributed by atoms with Crippen LogP contribution in [0.4, 0.5) is 11.6 Å². The van der Waals surface area contributed by atoms with Gasteiger partial charge in [-0.1, -0.05) is 32.4 Å². The Morgan fingerprint density at radius 1 is 0.889 bits per heavy atom. The standard InChI is InChI=1S/C7H7ClN4.C7H8N4O.C6H15N.Cl3OP/c1-12(2)7-5(3-9)6(8)10-4-11-7;1-11(2)6-5(3-8)7(12)10-4-9-6;1-4-7(5-2)6-3;1-5(2,3)4/h4H,1-2H3;4H,1-2H3,(H,9,10,12);4-6H2,1-3H3;. The second-order valence-corrected chi connectivity index (χ2v) is 13.8. The Hall–Kier alpha value is -2.11. The van der Waals surface area contributed by atoms with Crippen LogP contribution in [0.1, 0.15) is 31.9 Å². The van der Waals surface area contributed by atoms with Crippen molar-refractivity contribution < 1.29 is 4.57 Å². The molecule has 16 heteroatoms. The number of nitrogens with zero attached hydrogens (tertiary/aromatic N) is 8. The van der Waals surface area contributed by atoms with Crippen LogP contribution in [0.25, 0.3) is 0 Å². The van der Waals surface area contributed by atoms with E-state index in [0.29, 0.717) is 17.2 Å². The Labute approximate surface area is 231 Å². The summed E-state index contributed by atoms with van der Waals surface area (Å²) in [6.07, 6.45) is 2.61. The number of rotatable bonds is 5. The van der Waals surface area contributed by atoms with Crippen molar-refractivity contribution in [2.45, 2.75) is 20.8 Å². The number of aromatic amines is 1. The van der Waals surface area contributed by atoms with Gasteiger partial charge in [0.15, 0.2) is 22.4 Å². The van der Waals surface area contributed by atoms with Gasteiger partial charge < -0.3 is 19.7 Å². The lowest BCUT2D eigenvalue weighted by Gasteiger charge is -2.13. The molecule has 0 amide bonds. The first kappa shape index (κ1) is 36.0. The maximum atomic E-state index is 11.0. The van der Waals surface area contributed by atoms with Crippen molar-refractivity contribution in [1.82, 2.24) is 24.8 Å². The van der Waals surface area contributed by atoms with Gasteiger partial charge in [-0.2, -0.15) is 10.5 Å². The molecule has 0 aliphatic heterocycles. The normalized spacial score (nSPS) is 9.72. The first-order valence-corrected chi connectivity index (χ1v) is 15.1. The van der Waals surface area contributed by atoms with Gasteiger partial charge in [0, 0.05) is 28.2 Å². The first-order chi connectivity index (χ1) is 16.7. The highest BCUT2D eigenvalue weighted by molar-refractivity contribution is 8.24. The Balaban J connectivity index is 0. The lowest BCUT2D eigenvalue weighted by molar-refractivity contribution is 0.321. The molecule has 0 saturated carbocycles. The average molecular weight is 601 g/mol. The number of halogens is 4. The lowest BCUT2D eigenvalue weighted by atomic mass is 10.3. The van der Waals surface area contributed by atoms with Crippen LogP contribution >= 0.6 is 50.5 Å². The highest BCUT2D eigenvalue weighted by Crippen LogP contribution is 2.61. The molecule has 11 nitrogen and oxygen atoms in total. The topological polar surface area (TPSA) is 146 Å². The SMILES string of the molecule is CCN(CC)CC.CN(C)c1nc[nH]c(=O)c1C#N.CN(C)c1ncnc(Cl)c1C#N.O=P(Cl)(Cl)Cl. The molecule has 1 N–H and O–H groups in total. The fraction of sp³-hybridized carbons (Fsp3) is 0.500. The molecule has 2 aromatic rings. The van der Waals surface area contributed by atoms with Crippen molar-refractivity contribution >= 4 is 62.2 Å². The van der Waals surface area contributed by atoms with Crippen molar-refractivity contribution in [3.63, 3.8) is 0 Å². The molecule has 200 valence electrons. The fourth-order valence-corrected chi connectivity index (χ4v) is 2.46. The third-order valence-corrected chi connectivity index (χ3v) is 4.31. The molecule has 0 aliphatic carbocycles. The minimum absolute atomic E-state index is 0.0440. The first-order valence-electron chi connectivity index (χ1n) is 10.3. The van der Waals surface area contributed by atoms with Crippen molar-refractivity contribution in [2.24, 2.45) is 0 Å². The van der Waals surface area contributed by atoms with E-state index in [1.54, 1.807) is 44.1 Å². The number of aromatic nitrogens is 4. The zero-order valence-corrected chi connectivity index (χ0v) is 25.0. The largest absolute Gasteiger partial charge is 0.361 e. The Bertz CT molecular complexity index is 1090. The van der Waals surface area contributed by atoms with Crippen LogP contribution in [0, 0.1) is 22.7 Å². The summed E-state index contributed by atoms with van der Waals surface area (Å²) in [5.41, 5.74) is -0.0529. The number of nitrogens with one attached hydrogen (secondary N) is 1. The molecule has 0 bridgehead atoms. The molecule has 2 aromatic heterocycles. The number of anilines is 2. The molecule has 0 atom stereocenters. The highest BCUT2D eigenvalue weighted by atomic mass is 36.0. The molecule has 0 saturated heterocycles. The van der Waals surface area contributed by atoms with Crippen LogP contribution in [0.5, 0.6) is 0 Å². The van der Waals surface area contributed by atoms with Crippen LogP contribution < -0.4 is 15.4 Å². The van der Waals surface area contributed by atoms with Crippen molar-refractivity contribution in [2.75, 3.05) is 57.6 Å². The monoisotopic (exact) mass is 599 g/mol. The third kappa shape index (κ3) is 15.8. The van der Waals surface area contributed by atoms with Gasteiger partial charge in [-0.05, 0) is 53.4 Å². The lowest BCUT2D eigenvalue weighted by Crippen LogP contribution is -2.21. The quantitative estimate of drug-likeness (QED) is 0.370.